The van der Waals surface area contributed by atoms with Crippen molar-refractivity contribution in [2.75, 3.05) is 16.4 Å². The zero-order chi connectivity index (χ0) is 21.4. The second-order valence-electron chi connectivity index (χ2n) is 8.53. The third-order valence-electron chi connectivity index (χ3n) is 5.24. The number of hydrogen-bond acceptors (Lipinski definition) is 3. The van der Waals surface area contributed by atoms with Crippen LogP contribution in [0, 0.1) is 0 Å². The third kappa shape index (κ3) is 10.4. The van der Waals surface area contributed by atoms with Crippen molar-refractivity contribution in [2.24, 2.45) is 0 Å². The monoisotopic (exact) mass is 426 g/mol. The highest BCUT2D eigenvalue weighted by atomic mass is 32.2. The Morgan fingerprint density at radius 2 is 1.37 bits per heavy atom. The van der Waals surface area contributed by atoms with Crippen molar-refractivity contribution in [1.29, 1.82) is 0 Å². The normalized spacial score (nSPS) is 11.1. The first kappa shape index (κ1) is 24.7. The Balaban J connectivity index is 1.74. The Morgan fingerprint density at radius 3 is 2.00 bits per heavy atom. The van der Waals surface area contributed by atoms with Gasteiger partial charge >= 0.3 is 0 Å². The number of para-hydroxylation sites is 1. The van der Waals surface area contributed by atoms with Crippen molar-refractivity contribution in [3.05, 3.63) is 48.5 Å². The van der Waals surface area contributed by atoms with Gasteiger partial charge in [-0.3, -0.25) is 0 Å². The molecule has 0 fully saturated rings. The van der Waals surface area contributed by atoms with E-state index in [1.54, 1.807) is 0 Å². The van der Waals surface area contributed by atoms with Crippen LogP contribution < -0.4 is 10.6 Å². The molecule has 2 N–H and O–H groups in total. The molecule has 0 spiro atoms. The average molecular weight is 427 g/mol. The zero-order valence-corrected chi connectivity index (χ0v) is 20.2. The minimum atomic E-state index is 0.439. The molecule has 0 amide bonds. The van der Waals surface area contributed by atoms with Gasteiger partial charge in [-0.2, -0.15) is 0 Å². The number of unbranched alkanes of at least 4 members (excludes halogenated alkanes) is 9. The largest absolute Gasteiger partial charge is 0.382 e. The maximum atomic E-state index is 3.61. The van der Waals surface area contributed by atoms with Crippen LogP contribution in [0.4, 0.5) is 17.1 Å². The number of anilines is 3. The van der Waals surface area contributed by atoms with Gasteiger partial charge in [0.2, 0.25) is 0 Å². The fraction of sp³-hybridized carbons (Fsp3) is 0.556. The maximum Gasteiger partial charge on any atom is 0.0481 e. The first-order chi connectivity index (χ1) is 14.7. The van der Waals surface area contributed by atoms with Crippen LogP contribution >= 0.6 is 11.8 Å². The number of rotatable bonds is 16. The summed E-state index contributed by atoms with van der Waals surface area (Å²) in [5.41, 5.74) is 3.54. The lowest BCUT2D eigenvalue weighted by Crippen LogP contribution is -2.10. The minimum absolute atomic E-state index is 0.439. The summed E-state index contributed by atoms with van der Waals surface area (Å²) in [4.78, 5) is 1.35. The molecule has 2 rings (SSSR count). The van der Waals surface area contributed by atoms with Crippen molar-refractivity contribution in [3.63, 3.8) is 0 Å². The van der Waals surface area contributed by atoms with Gasteiger partial charge in [0.25, 0.3) is 0 Å². The van der Waals surface area contributed by atoms with E-state index in [2.05, 4.69) is 79.9 Å². The molecule has 0 aliphatic heterocycles. The first-order valence-corrected chi connectivity index (χ1v) is 13.0. The lowest BCUT2D eigenvalue weighted by Gasteiger charge is -2.16. The van der Waals surface area contributed by atoms with Gasteiger partial charge in [-0.05, 0) is 56.4 Å². The Labute approximate surface area is 189 Å². The van der Waals surface area contributed by atoms with Gasteiger partial charge in [0.1, 0.15) is 0 Å². The van der Waals surface area contributed by atoms with E-state index >= 15 is 0 Å². The molecule has 0 heterocycles. The molecule has 166 valence electrons. The van der Waals surface area contributed by atoms with Crippen LogP contribution in [0.25, 0.3) is 0 Å². The zero-order valence-electron chi connectivity index (χ0n) is 19.4. The van der Waals surface area contributed by atoms with E-state index in [4.69, 9.17) is 0 Å². The Kier molecular flexibility index (Phi) is 12.5. The highest BCUT2D eigenvalue weighted by Crippen LogP contribution is 2.32. The van der Waals surface area contributed by atoms with E-state index < -0.39 is 0 Å². The number of hydrogen-bond donors (Lipinski definition) is 2. The van der Waals surface area contributed by atoms with Crippen LogP contribution in [0.2, 0.25) is 0 Å². The van der Waals surface area contributed by atoms with Crippen LogP contribution in [0.5, 0.6) is 0 Å². The van der Waals surface area contributed by atoms with E-state index in [0.29, 0.717) is 6.04 Å². The number of nitrogens with one attached hydrogen (secondary N) is 2. The standard InChI is InChI=1S/C27H42N2S/c1-4-5-6-7-8-9-10-11-12-16-21-30-27-22-25(19-20-26(27)28-23(2)3)29-24-17-14-13-15-18-24/h13-15,17-20,22-23,28-29H,4-12,16,21H2,1-3H3. The van der Waals surface area contributed by atoms with Crippen LogP contribution in [0.3, 0.4) is 0 Å². The van der Waals surface area contributed by atoms with E-state index in [-0.39, 0.29) is 0 Å². The van der Waals surface area contributed by atoms with Gasteiger partial charge in [0.05, 0.1) is 0 Å². The van der Waals surface area contributed by atoms with Crippen molar-refractivity contribution in [3.8, 4) is 0 Å². The van der Waals surface area contributed by atoms with Gasteiger partial charge in [-0.15, -0.1) is 11.8 Å². The van der Waals surface area contributed by atoms with Gasteiger partial charge in [-0.1, -0.05) is 82.9 Å². The molecule has 0 aromatic heterocycles. The molecular formula is C27H42N2S. The molecule has 0 aliphatic rings. The number of thioether (sulfide) groups is 1. The molecule has 2 aromatic carbocycles. The molecule has 2 aromatic rings. The van der Waals surface area contributed by atoms with Crippen molar-refractivity contribution < 1.29 is 0 Å². The molecule has 30 heavy (non-hydrogen) atoms. The fourth-order valence-corrected chi connectivity index (χ4v) is 4.67. The second kappa shape index (κ2) is 15.2. The molecule has 0 unspecified atom stereocenters. The summed E-state index contributed by atoms with van der Waals surface area (Å²) >= 11 is 1.99. The molecule has 0 aliphatic carbocycles. The van der Waals surface area contributed by atoms with Crippen molar-refractivity contribution in [1.82, 2.24) is 0 Å². The molecular weight excluding hydrogens is 384 g/mol. The summed E-state index contributed by atoms with van der Waals surface area (Å²) < 4.78 is 0. The Bertz CT molecular complexity index is 685. The molecule has 0 radical (unpaired) electrons. The van der Waals surface area contributed by atoms with Gasteiger partial charge in [0, 0.05) is 28.0 Å². The maximum absolute atomic E-state index is 3.61. The predicted molar refractivity (Wildman–Crippen MR) is 137 cm³/mol. The quantitative estimate of drug-likeness (QED) is 0.206. The Morgan fingerprint density at radius 1 is 0.733 bits per heavy atom. The van der Waals surface area contributed by atoms with Crippen LogP contribution in [-0.4, -0.2) is 11.8 Å². The molecule has 0 bridgehead atoms. The summed E-state index contributed by atoms with van der Waals surface area (Å²) in [6, 6.07) is 17.5. The lowest BCUT2D eigenvalue weighted by atomic mass is 10.1. The topological polar surface area (TPSA) is 24.1 Å². The first-order valence-electron chi connectivity index (χ1n) is 12.0. The molecule has 0 atom stereocenters. The summed E-state index contributed by atoms with van der Waals surface area (Å²) in [5, 5.41) is 7.13. The van der Waals surface area contributed by atoms with Crippen LogP contribution in [0.15, 0.2) is 53.4 Å². The summed E-state index contributed by atoms with van der Waals surface area (Å²) in [5.74, 6) is 1.19. The average Bonchev–Trinajstić information content (AvgIpc) is 2.74. The van der Waals surface area contributed by atoms with Gasteiger partial charge in [0.15, 0.2) is 0 Å². The lowest BCUT2D eigenvalue weighted by molar-refractivity contribution is 0.563. The smallest absolute Gasteiger partial charge is 0.0481 e. The SMILES string of the molecule is CCCCCCCCCCCCSc1cc(Nc2ccccc2)ccc1NC(C)C. The highest BCUT2D eigenvalue weighted by molar-refractivity contribution is 7.99. The molecule has 0 saturated heterocycles. The van der Waals surface area contributed by atoms with Crippen LogP contribution in [0.1, 0.15) is 85.0 Å². The molecule has 0 saturated carbocycles. The summed E-state index contributed by atoms with van der Waals surface area (Å²) in [6.45, 7) is 6.69. The van der Waals surface area contributed by atoms with E-state index in [1.165, 1.54) is 80.5 Å². The third-order valence-corrected chi connectivity index (χ3v) is 6.39. The Hall–Kier alpha value is -1.61. The van der Waals surface area contributed by atoms with Crippen molar-refractivity contribution >= 4 is 28.8 Å². The fourth-order valence-electron chi connectivity index (χ4n) is 3.61. The van der Waals surface area contributed by atoms with E-state index in [9.17, 15) is 0 Å². The van der Waals surface area contributed by atoms with Crippen molar-refractivity contribution in [2.45, 2.75) is 95.9 Å². The number of benzene rings is 2. The summed E-state index contributed by atoms with van der Waals surface area (Å²) in [6.07, 6.45) is 13.9. The minimum Gasteiger partial charge on any atom is -0.382 e. The van der Waals surface area contributed by atoms with E-state index in [1.807, 2.05) is 11.8 Å². The predicted octanol–water partition coefficient (Wildman–Crippen LogP) is 9.26. The van der Waals surface area contributed by atoms with Gasteiger partial charge < -0.3 is 10.6 Å². The highest BCUT2D eigenvalue weighted by Gasteiger charge is 2.07. The second-order valence-corrected chi connectivity index (χ2v) is 9.67. The van der Waals surface area contributed by atoms with Crippen LogP contribution in [-0.2, 0) is 0 Å². The van der Waals surface area contributed by atoms with E-state index in [0.717, 1.165) is 11.4 Å². The summed E-state index contributed by atoms with van der Waals surface area (Å²) in [7, 11) is 0. The molecule has 2 nitrogen and oxygen atoms in total. The van der Waals surface area contributed by atoms with Gasteiger partial charge in [-0.25, -0.2) is 0 Å². The molecule has 3 heteroatoms.